The van der Waals surface area contributed by atoms with Crippen LogP contribution in [0.5, 0.6) is 0 Å². The molecule has 1 aliphatic heterocycles. The predicted octanol–water partition coefficient (Wildman–Crippen LogP) is 2.00. The minimum Gasteiger partial charge on any atom is -0.465 e. The van der Waals surface area contributed by atoms with Crippen LogP contribution in [0.2, 0.25) is 0 Å². The number of benzene rings is 2. The predicted molar refractivity (Wildman–Crippen MR) is 117 cm³/mol. The van der Waals surface area contributed by atoms with Gasteiger partial charge in [-0.15, -0.1) is 0 Å². The number of carbonyl (C=O) groups excluding carboxylic acids is 3. The molecule has 0 aromatic heterocycles. The molecule has 2 amide bonds. The van der Waals surface area contributed by atoms with Crippen LogP contribution in [-0.2, 0) is 24.3 Å². The number of anilines is 3. The van der Waals surface area contributed by atoms with Gasteiger partial charge in [0.05, 0.1) is 24.6 Å². The fourth-order valence-electron chi connectivity index (χ4n) is 3.29. The fourth-order valence-corrected chi connectivity index (χ4v) is 4.14. The van der Waals surface area contributed by atoms with Crippen LogP contribution in [0.3, 0.4) is 0 Å². The monoisotopic (exact) mass is 445 g/mol. The molecular weight excluding hydrogens is 422 g/mol. The lowest BCUT2D eigenvalue weighted by molar-refractivity contribution is -0.117. The van der Waals surface area contributed by atoms with Gasteiger partial charge in [0, 0.05) is 24.3 Å². The van der Waals surface area contributed by atoms with Crippen molar-refractivity contribution in [3.63, 3.8) is 0 Å². The van der Waals surface area contributed by atoms with Crippen LogP contribution in [-0.4, -0.2) is 52.7 Å². The van der Waals surface area contributed by atoms with Gasteiger partial charge in [0.25, 0.3) is 0 Å². The molecule has 1 aliphatic rings. The topological polar surface area (TPSA) is 113 Å². The summed E-state index contributed by atoms with van der Waals surface area (Å²) in [6, 6.07) is 12.6. The largest absolute Gasteiger partial charge is 0.465 e. The molecule has 3 rings (SSSR count). The third-order valence-electron chi connectivity index (χ3n) is 4.78. The summed E-state index contributed by atoms with van der Waals surface area (Å²) < 4.78 is 30.1. The van der Waals surface area contributed by atoms with E-state index in [1.807, 2.05) is 0 Å². The molecule has 0 saturated carbocycles. The van der Waals surface area contributed by atoms with Crippen molar-refractivity contribution < 1.29 is 27.5 Å². The molecule has 9 nitrogen and oxygen atoms in total. The number of sulfonamides is 1. The first kappa shape index (κ1) is 22.3. The Bertz CT molecular complexity index is 1100. The van der Waals surface area contributed by atoms with Crippen molar-refractivity contribution in [2.75, 3.05) is 41.0 Å². The van der Waals surface area contributed by atoms with Gasteiger partial charge in [-0.2, -0.15) is 0 Å². The van der Waals surface area contributed by atoms with E-state index in [4.69, 9.17) is 0 Å². The first-order chi connectivity index (χ1) is 14.7. The lowest BCUT2D eigenvalue weighted by Gasteiger charge is -2.22. The zero-order valence-electron chi connectivity index (χ0n) is 17.2. The number of nitrogens with one attached hydrogen (secondary N) is 1. The molecule has 0 atom stereocenters. The van der Waals surface area contributed by atoms with E-state index in [0.717, 1.165) is 17.0 Å². The zero-order valence-corrected chi connectivity index (χ0v) is 18.0. The molecule has 0 spiro atoms. The maximum absolute atomic E-state index is 12.6. The zero-order chi connectivity index (χ0) is 22.6. The summed E-state index contributed by atoms with van der Waals surface area (Å²) in [5.41, 5.74) is 1.63. The Morgan fingerprint density at radius 3 is 2.45 bits per heavy atom. The molecule has 1 heterocycles. The van der Waals surface area contributed by atoms with Crippen LogP contribution >= 0.6 is 0 Å². The smallest absolute Gasteiger partial charge is 0.337 e. The third-order valence-corrected chi connectivity index (χ3v) is 5.92. The van der Waals surface area contributed by atoms with Crippen molar-refractivity contribution in [2.45, 2.75) is 12.8 Å². The van der Waals surface area contributed by atoms with E-state index in [1.54, 1.807) is 29.2 Å². The summed E-state index contributed by atoms with van der Waals surface area (Å²) in [6.07, 6.45) is 2.27. The molecule has 0 radical (unpaired) electrons. The lowest BCUT2D eigenvalue weighted by atomic mass is 10.2. The van der Waals surface area contributed by atoms with Gasteiger partial charge in [-0.3, -0.25) is 13.9 Å². The number of rotatable bonds is 7. The van der Waals surface area contributed by atoms with Crippen LogP contribution in [0, 0.1) is 0 Å². The molecule has 0 bridgehead atoms. The highest BCUT2D eigenvalue weighted by Gasteiger charge is 2.23. The SMILES string of the molecule is COC(=O)c1ccc(N(CC(=O)Nc2cccc(N3CCCC3=O)c2)S(C)(=O)=O)cc1. The van der Waals surface area contributed by atoms with E-state index >= 15 is 0 Å². The Hall–Kier alpha value is -3.40. The van der Waals surface area contributed by atoms with Gasteiger partial charge in [-0.1, -0.05) is 6.07 Å². The standard InChI is InChI=1S/C21H23N3O6S/c1-30-21(27)15-8-10-17(11-9-15)24(31(2,28)29)14-19(25)22-16-5-3-6-18(13-16)23-12-4-7-20(23)26/h3,5-6,8-11,13H,4,7,12,14H2,1-2H3,(H,22,25). The van der Waals surface area contributed by atoms with Crippen molar-refractivity contribution in [2.24, 2.45) is 0 Å². The summed E-state index contributed by atoms with van der Waals surface area (Å²) in [5, 5.41) is 2.67. The van der Waals surface area contributed by atoms with Crippen molar-refractivity contribution in [3.05, 3.63) is 54.1 Å². The number of ether oxygens (including phenoxy) is 1. The van der Waals surface area contributed by atoms with Gasteiger partial charge in [-0.05, 0) is 48.9 Å². The van der Waals surface area contributed by atoms with Gasteiger partial charge in [0.2, 0.25) is 21.8 Å². The molecule has 1 fully saturated rings. The number of hydrogen-bond donors (Lipinski definition) is 1. The molecular formula is C21H23N3O6S. The van der Waals surface area contributed by atoms with Gasteiger partial charge in [0.15, 0.2) is 0 Å². The minimum atomic E-state index is -3.77. The second-order valence-electron chi connectivity index (χ2n) is 7.06. The minimum absolute atomic E-state index is 0.0297. The van der Waals surface area contributed by atoms with Crippen LogP contribution in [0.15, 0.2) is 48.5 Å². The van der Waals surface area contributed by atoms with E-state index in [9.17, 15) is 22.8 Å². The second-order valence-corrected chi connectivity index (χ2v) is 8.96. The van der Waals surface area contributed by atoms with Crippen molar-refractivity contribution in [1.29, 1.82) is 0 Å². The molecule has 1 N–H and O–H groups in total. The van der Waals surface area contributed by atoms with Crippen LogP contribution in [0.1, 0.15) is 23.2 Å². The molecule has 2 aromatic carbocycles. The van der Waals surface area contributed by atoms with Gasteiger partial charge in [-0.25, -0.2) is 13.2 Å². The summed E-state index contributed by atoms with van der Waals surface area (Å²) >= 11 is 0. The van der Waals surface area contributed by atoms with Crippen LogP contribution < -0.4 is 14.5 Å². The van der Waals surface area contributed by atoms with Crippen molar-refractivity contribution in [1.82, 2.24) is 0 Å². The maximum Gasteiger partial charge on any atom is 0.337 e. The van der Waals surface area contributed by atoms with E-state index in [-0.39, 0.29) is 17.2 Å². The summed E-state index contributed by atoms with van der Waals surface area (Å²) in [6.45, 7) is 0.170. The summed E-state index contributed by atoms with van der Waals surface area (Å²) in [5.74, 6) is -1.07. The number of nitrogens with zero attached hydrogens (tertiary/aromatic N) is 2. The number of carbonyl (C=O) groups is 3. The third kappa shape index (κ3) is 5.40. The second kappa shape index (κ2) is 9.17. The number of methoxy groups -OCH3 is 1. The molecule has 164 valence electrons. The average molecular weight is 445 g/mol. The van der Waals surface area contributed by atoms with E-state index in [1.165, 1.54) is 31.4 Å². The van der Waals surface area contributed by atoms with Crippen LogP contribution in [0.4, 0.5) is 17.1 Å². The molecule has 2 aromatic rings. The first-order valence-electron chi connectivity index (χ1n) is 9.55. The Kier molecular flexibility index (Phi) is 6.59. The van der Waals surface area contributed by atoms with E-state index in [2.05, 4.69) is 10.1 Å². The molecule has 10 heteroatoms. The fraction of sp³-hybridized carbons (Fsp3) is 0.286. The van der Waals surface area contributed by atoms with E-state index in [0.29, 0.717) is 24.3 Å². The Balaban J connectivity index is 1.75. The first-order valence-corrected chi connectivity index (χ1v) is 11.4. The Morgan fingerprint density at radius 1 is 1.16 bits per heavy atom. The highest BCUT2D eigenvalue weighted by Crippen LogP contribution is 2.24. The summed E-state index contributed by atoms with van der Waals surface area (Å²) in [7, 11) is -2.52. The highest BCUT2D eigenvalue weighted by molar-refractivity contribution is 7.92. The number of esters is 1. The van der Waals surface area contributed by atoms with Gasteiger partial charge < -0.3 is 15.0 Å². The lowest BCUT2D eigenvalue weighted by Crippen LogP contribution is -2.37. The van der Waals surface area contributed by atoms with Crippen molar-refractivity contribution in [3.8, 4) is 0 Å². The molecule has 31 heavy (non-hydrogen) atoms. The van der Waals surface area contributed by atoms with Gasteiger partial charge >= 0.3 is 5.97 Å². The highest BCUT2D eigenvalue weighted by atomic mass is 32.2. The quantitative estimate of drug-likeness (QED) is 0.653. The van der Waals surface area contributed by atoms with Crippen molar-refractivity contribution >= 4 is 44.9 Å². The van der Waals surface area contributed by atoms with Gasteiger partial charge in [0.1, 0.15) is 6.54 Å². The maximum atomic E-state index is 12.6. The molecule has 0 unspecified atom stereocenters. The van der Waals surface area contributed by atoms with Crippen LogP contribution in [0.25, 0.3) is 0 Å². The molecule has 0 aliphatic carbocycles. The Morgan fingerprint density at radius 2 is 1.87 bits per heavy atom. The number of hydrogen-bond acceptors (Lipinski definition) is 6. The number of amides is 2. The summed E-state index contributed by atoms with van der Waals surface area (Å²) in [4.78, 5) is 37.8. The van der Waals surface area contributed by atoms with E-state index < -0.39 is 28.4 Å². The normalized spacial score (nSPS) is 13.7. The Labute approximate surface area is 180 Å². The average Bonchev–Trinajstić information content (AvgIpc) is 3.17. The molecule has 1 saturated heterocycles.